The van der Waals surface area contributed by atoms with Crippen LogP contribution in [0.25, 0.3) is 21.8 Å². The number of nitrogens with one attached hydrogen (secondary N) is 1. The van der Waals surface area contributed by atoms with Crippen molar-refractivity contribution in [2.75, 3.05) is 7.11 Å². The minimum Gasteiger partial charge on any atom is -0.497 e. The molecule has 4 aromatic rings. The summed E-state index contributed by atoms with van der Waals surface area (Å²) in [6.45, 7) is 3.06. The minimum absolute atomic E-state index is 0.262. The van der Waals surface area contributed by atoms with Crippen LogP contribution in [0.2, 0.25) is 0 Å². The van der Waals surface area contributed by atoms with E-state index in [0.29, 0.717) is 11.3 Å². The molecule has 1 N–H and O–H groups in total. The number of fused-ring (bicyclic) bond motifs is 3. The van der Waals surface area contributed by atoms with Gasteiger partial charge >= 0.3 is 0 Å². The lowest BCUT2D eigenvalue weighted by Gasteiger charge is -2.03. The van der Waals surface area contributed by atoms with E-state index in [9.17, 15) is 4.79 Å². The standard InChI is InChI=1S/C23H21N3O2/c1-3-26-21-7-5-4-6-19(21)20-14-16(8-13-22(20)26)15-24-25-23(27)17-9-11-18(28-2)12-10-17/h4-15H,3H2,1-2H3,(H,25,27)/b24-15-. The van der Waals surface area contributed by atoms with E-state index in [1.54, 1.807) is 37.6 Å². The van der Waals surface area contributed by atoms with E-state index in [1.165, 1.54) is 21.8 Å². The molecule has 1 heterocycles. The summed E-state index contributed by atoms with van der Waals surface area (Å²) < 4.78 is 7.40. The Balaban J connectivity index is 1.57. The zero-order valence-electron chi connectivity index (χ0n) is 15.8. The van der Waals surface area contributed by atoms with E-state index < -0.39 is 0 Å². The fraction of sp³-hybridized carbons (Fsp3) is 0.130. The van der Waals surface area contributed by atoms with Gasteiger partial charge in [-0.25, -0.2) is 5.43 Å². The molecule has 5 nitrogen and oxygen atoms in total. The highest BCUT2D eigenvalue weighted by Gasteiger charge is 2.09. The maximum absolute atomic E-state index is 12.2. The summed E-state index contributed by atoms with van der Waals surface area (Å²) in [5.74, 6) is 0.446. The van der Waals surface area contributed by atoms with Gasteiger partial charge in [-0.1, -0.05) is 24.3 Å². The highest BCUT2D eigenvalue weighted by molar-refractivity contribution is 6.09. The van der Waals surface area contributed by atoms with Crippen molar-refractivity contribution in [2.24, 2.45) is 5.10 Å². The monoisotopic (exact) mass is 371 g/mol. The number of ether oxygens (including phenoxy) is 1. The molecule has 3 aromatic carbocycles. The van der Waals surface area contributed by atoms with E-state index in [0.717, 1.165) is 12.1 Å². The van der Waals surface area contributed by atoms with Crippen LogP contribution in [0.4, 0.5) is 0 Å². The van der Waals surface area contributed by atoms with Crippen molar-refractivity contribution in [3.63, 3.8) is 0 Å². The molecule has 0 fully saturated rings. The Morgan fingerprint density at radius 1 is 1.04 bits per heavy atom. The molecule has 28 heavy (non-hydrogen) atoms. The molecular weight excluding hydrogens is 350 g/mol. The van der Waals surface area contributed by atoms with Gasteiger partial charge in [0.25, 0.3) is 5.91 Å². The van der Waals surface area contributed by atoms with Crippen molar-refractivity contribution >= 4 is 33.9 Å². The largest absolute Gasteiger partial charge is 0.497 e. The predicted octanol–water partition coefficient (Wildman–Crippen LogP) is 4.59. The van der Waals surface area contributed by atoms with E-state index in [-0.39, 0.29) is 5.91 Å². The molecule has 0 spiro atoms. The van der Waals surface area contributed by atoms with Crippen LogP contribution < -0.4 is 10.2 Å². The van der Waals surface area contributed by atoms with Gasteiger partial charge in [0.15, 0.2) is 0 Å². The Hall–Kier alpha value is -3.60. The van der Waals surface area contributed by atoms with E-state index in [1.807, 2.05) is 6.07 Å². The minimum atomic E-state index is -0.262. The Bertz CT molecular complexity index is 1170. The van der Waals surface area contributed by atoms with Gasteiger partial charge in [-0.05, 0) is 55.0 Å². The smallest absolute Gasteiger partial charge is 0.271 e. The number of hydrogen-bond donors (Lipinski definition) is 1. The van der Waals surface area contributed by atoms with Gasteiger partial charge in [-0.15, -0.1) is 0 Å². The summed E-state index contributed by atoms with van der Waals surface area (Å²) in [5.41, 5.74) is 6.45. The van der Waals surface area contributed by atoms with Crippen molar-refractivity contribution in [2.45, 2.75) is 13.5 Å². The Morgan fingerprint density at radius 2 is 1.79 bits per heavy atom. The molecule has 0 aliphatic carbocycles. The number of amides is 1. The lowest BCUT2D eigenvalue weighted by Crippen LogP contribution is -2.17. The molecule has 0 saturated heterocycles. The van der Waals surface area contributed by atoms with E-state index in [4.69, 9.17) is 4.74 Å². The zero-order chi connectivity index (χ0) is 19.5. The van der Waals surface area contributed by atoms with Crippen molar-refractivity contribution in [3.8, 4) is 5.75 Å². The zero-order valence-corrected chi connectivity index (χ0v) is 15.8. The maximum Gasteiger partial charge on any atom is 0.271 e. The average molecular weight is 371 g/mol. The number of benzene rings is 3. The second kappa shape index (κ2) is 7.56. The second-order valence-electron chi connectivity index (χ2n) is 6.47. The first-order valence-electron chi connectivity index (χ1n) is 9.19. The van der Waals surface area contributed by atoms with Gasteiger partial charge in [-0.2, -0.15) is 5.10 Å². The van der Waals surface area contributed by atoms with Crippen LogP contribution in [0.15, 0.2) is 71.8 Å². The van der Waals surface area contributed by atoms with Crippen LogP contribution in [0.3, 0.4) is 0 Å². The fourth-order valence-corrected chi connectivity index (χ4v) is 3.46. The molecular formula is C23H21N3O2. The first-order chi connectivity index (χ1) is 13.7. The van der Waals surface area contributed by atoms with Gasteiger partial charge in [-0.3, -0.25) is 4.79 Å². The third-order valence-electron chi connectivity index (χ3n) is 4.84. The van der Waals surface area contributed by atoms with Crippen LogP contribution in [0, 0.1) is 0 Å². The van der Waals surface area contributed by atoms with Crippen molar-refractivity contribution in [1.29, 1.82) is 0 Å². The predicted molar refractivity (Wildman–Crippen MR) is 113 cm³/mol. The molecule has 0 aliphatic rings. The van der Waals surface area contributed by atoms with Crippen LogP contribution in [0.5, 0.6) is 5.75 Å². The van der Waals surface area contributed by atoms with Crippen LogP contribution in [-0.4, -0.2) is 23.8 Å². The molecule has 4 rings (SSSR count). The molecule has 140 valence electrons. The fourth-order valence-electron chi connectivity index (χ4n) is 3.46. The Morgan fingerprint density at radius 3 is 2.54 bits per heavy atom. The second-order valence-corrected chi connectivity index (χ2v) is 6.47. The van der Waals surface area contributed by atoms with Gasteiger partial charge in [0, 0.05) is 33.9 Å². The van der Waals surface area contributed by atoms with Crippen LogP contribution in [0.1, 0.15) is 22.8 Å². The first kappa shape index (κ1) is 17.8. The number of aromatic nitrogens is 1. The van der Waals surface area contributed by atoms with Crippen molar-refractivity contribution in [3.05, 3.63) is 77.9 Å². The summed E-state index contributed by atoms with van der Waals surface area (Å²) in [5, 5.41) is 6.51. The highest BCUT2D eigenvalue weighted by Crippen LogP contribution is 2.29. The number of hydrogen-bond acceptors (Lipinski definition) is 3. The molecule has 0 unspecified atom stereocenters. The number of para-hydroxylation sites is 1. The topological polar surface area (TPSA) is 55.6 Å². The van der Waals surface area contributed by atoms with Gasteiger partial charge in [0.05, 0.1) is 13.3 Å². The molecule has 0 saturated carbocycles. The SMILES string of the molecule is CCn1c2ccccc2c2cc(/C=N\NC(=O)c3ccc(OC)cc3)ccc21. The lowest BCUT2D eigenvalue weighted by atomic mass is 10.1. The number of methoxy groups -OCH3 is 1. The van der Waals surface area contributed by atoms with E-state index in [2.05, 4.69) is 58.4 Å². The number of carbonyl (C=O) groups excluding carboxylic acids is 1. The highest BCUT2D eigenvalue weighted by atomic mass is 16.5. The normalized spacial score (nSPS) is 11.4. The summed E-state index contributed by atoms with van der Waals surface area (Å²) in [6.07, 6.45) is 1.67. The summed E-state index contributed by atoms with van der Waals surface area (Å²) in [4.78, 5) is 12.2. The number of nitrogens with zero attached hydrogens (tertiary/aromatic N) is 2. The first-order valence-corrected chi connectivity index (χ1v) is 9.19. The van der Waals surface area contributed by atoms with Gasteiger partial charge < -0.3 is 9.30 Å². The molecule has 0 atom stereocenters. The molecule has 0 radical (unpaired) electrons. The number of hydrazone groups is 1. The molecule has 5 heteroatoms. The Kier molecular flexibility index (Phi) is 4.81. The number of aryl methyl sites for hydroxylation is 1. The van der Waals surface area contributed by atoms with Crippen molar-refractivity contribution in [1.82, 2.24) is 9.99 Å². The number of rotatable bonds is 5. The summed E-state index contributed by atoms with van der Waals surface area (Å²) in [7, 11) is 1.59. The van der Waals surface area contributed by atoms with E-state index >= 15 is 0 Å². The van der Waals surface area contributed by atoms with Gasteiger partial charge in [0.2, 0.25) is 0 Å². The molecule has 0 bridgehead atoms. The van der Waals surface area contributed by atoms with Crippen LogP contribution >= 0.6 is 0 Å². The quantitative estimate of drug-likeness (QED) is 0.412. The third kappa shape index (κ3) is 3.22. The van der Waals surface area contributed by atoms with Gasteiger partial charge in [0.1, 0.15) is 5.75 Å². The molecule has 1 amide bonds. The Labute approximate surface area is 163 Å². The molecule has 0 aliphatic heterocycles. The van der Waals surface area contributed by atoms with Crippen LogP contribution in [-0.2, 0) is 6.54 Å². The van der Waals surface area contributed by atoms with Crippen molar-refractivity contribution < 1.29 is 9.53 Å². The third-order valence-corrected chi connectivity index (χ3v) is 4.84. The summed E-state index contributed by atoms with van der Waals surface area (Å²) >= 11 is 0. The maximum atomic E-state index is 12.2. The lowest BCUT2D eigenvalue weighted by molar-refractivity contribution is 0.0955. The molecule has 1 aromatic heterocycles. The number of carbonyl (C=O) groups is 1. The summed E-state index contributed by atoms with van der Waals surface area (Å²) in [6, 6.07) is 21.5. The average Bonchev–Trinajstić information content (AvgIpc) is 3.07.